The van der Waals surface area contributed by atoms with Crippen molar-refractivity contribution in [3.05, 3.63) is 59.2 Å². The van der Waals surface area contributed by atoms with Gasteiger partial charge < -0.3 is 10.1 Å². The Kier molecular flexibility index (Phi) is 3.16. The van der Waals surface area contributed by atoms with Crippen LogP contribution in [-0.2, 0) is 6.42 Å². The molecule has 0 amide bonds. The van der Waals surface area contributed by atoms with Crippen LogP contribution in [0.3, 0.4) is 0 Å². The van der Waals surface area contributed by atoms with Crippen LogP contribution in [0.1, 0.15) is 29.7 Å². The molecule has 0 aromatic heterocycles. The molecule has 2 aromatic rings. The van der Waals surface area contributed by atoms with Gasteiger partial charge in [0.05, 0.1) is 12.6 Å². The van der Waals surface area contributed by atoms with Gasteiger partial charge in [-0.25, -0.2) is 0 Å². The number of benzene rings is 2. The van der Waals surface area contributed by atoms with Crippen LogP contribution in [0.2, 0.25) is 0 Å². The molecule has 19 heavy (non-hydrogen) atoms. The minimum Gasteiger partial charge on any atom is -0.494 e. The normalized spacial score (nSPS) is 16.8. The molecule has 1 heterocycles. The molecule has 2 aromatic carbocycles. The summed E-state index contributed by atoms with van der Waals surface area (Å²) in [6, 6.07) is 15.3. The first-order valence-corrected chi connectivity index (χ1v) is 6.85. The standard InChI is InChI=1S/C17H19NO/c1-3-19-14-8-9-16-13(10-14)11-17(18-16)15-7-5-4-6-12(15)2/h4-10,17-18H,3,11H2,1-2H3. The Morgan fingerprint density at radius 1 is 1.21 bits per heavy atom. The lowest BCUT2D eigenvalue weighted by molar-refractivity contribution is 0.340. The van der Waals surface area contributed by atoms with Crippen molar-refractivity contribution in [2.24, 2.45) is 0 Å². The summed E-state index contributed by atoms with van der Waals surface area (Å²) >= 11 is 0. The molecule has 0 radical (unpaired) electrons. The first-order chi connectivity index (χ1) is 9.28. The van der Waals surface area contributed by atoms with Gasteiger partial charge in [-0.3, -0.25) is 0 Å². The Balaban J connectivity index is 1.86. The number of anilines is 1. The van der Waals surface area contributed by atoms with E-state index in [1.54, 1.807) is 0 Å². The van der Waals surface area contributed by atoms with Crippen LogP contribution in [0, 0.1) is 6.92 Å². The maximum absolute atomic E-state index is 5.57. The van der Waals surface area contributed by atoms with Crippen molar-refractivity contribution in [1.82, 2.24) is 0 Å². The number of ether oxygens (including phenoxy) is 1. The third-order valence-corrected chi connectivity index (χ3v) is 3.71. The molecule has 1 aliphatic heterocycles. The van der Waals surface area contributed by atoms with Gasteiger partial charge in [0.15, 0.2) is 0 Å². The van der Waals surface area contributed by atoms with Crippen molar-refractivity contribution in [3.63, 3.8) is 0 Å². The Morgan fingerprint density at radius 3 is 2.84 bits per heavy atom. The maximum Gasteiger partial charge on any atom is 0.119 e. The average molecular weight is 253 g/mol. The molecule has 0 saturated carbocycles. The Bertz CT molecular complexity index is 592. The summed E-state index contributed by atoms with van der Waals surface area (Å²) in [5.41, 5.74) is 5.31. The van der Waals surface area contributed by atoms with E-state index in [0.29, 0.717) is 12.6 Å². The number of aryl methyl sites for hydroxylation is 1. The van der Waals surface area contributed by atoms with Crippen molar-refractivity contribution < 1.29 is 4.74 Å². The Labute approximate surface area is 114 Å². The second-order valence-electron chi connectivity index (χ2n) is 5.01. The lowest BCUT2D eigenvalue weighted by Gasteiger charge is -2.14. The molecule has 1 atom stereocenters. The SMILES string of the molecule is CCOc1ccc2c(c1)CC(c1ccccc1C)N2. The van der Waals surface area contributed by atoms with E-state index in [-0.39, 0.29) is 0 Å². The third kappa shape index (κ3) is 2.30. The summed E-state index contributed by atoms with van der Waals surface area (Å²) in [6.45, 7) is 4.90. The molecule has 2 heteroatoms. The van der Waals surface area contributed by atoms with E-state index < -0.39 is 0 Å². The quantitative estimate of drug-likeness (QED) is 0.889. The summed E-state index contributed by atoms with van der Waals surface area (Å²) in [7, 11) is 0. The molecule has 98 valence electrons. The third-order valence-electron chi connectivity index (χ3n) is 3.71. The average Bonchev–Trinajstić information content (AvgIpc) is 2.82. The summed E-state index contributed by atoms with van der Waals surface area (Å²) in [4.78, 5) is 0. The van der Waals surface area contributed by atoms with Crippen molar-refractivity contribution in [2.45, 2.75) is 26.3 Å². The Hall–Kier alpha value is -1.96. The number of rotatable bonds is 3. The highest BCUT2D eigenvalue weighted by atomic mass is 16.5. The van der Waals surface area contributed by atoms with Gasteiger partial charge in [-0.05, 0) is 55.2 Å². The van der Waals surface area contributed by atoms with Crippen LogP contribution < -0.4 is 10.1 Å². The second-order valence-corrected chi connectivity index (χ2v) is 5.01. The van der Waals surface area contributed by atoms with E-state index in [2.05, 4.69) is 48.6 Å². The summed E-state index contributed by atoms with van der Waals surface area (Å²) in [5, 5.41) is 3.61. The fourth-order valence-corrected chi connectivity index (χ4v) is 2.76. The highest BCUT2D eigenvalue weighted by Crippen LogP contribution is 2.37. The van der Waals surface area contributed by atoms with E-state index in [4.69, 9.17) is 4.74 Å². The van der Waals surface area contributed by atoms with Crippen molar-refractivity contribution in [1.29, 1.82) is 0 Å². The van der Waals surface area contributed by atoms with Crippen LogP contribution in [0.15, 0.2) is 42.5 Å². The lowest BCUT2D eigenvalue weighted by Crippen LogP contribution is -2.07. The second kappa shape index (κ2) is 4.96. The molecule has 0 bridgehead atoms. The minimum absolute atomic E-state index is 0.382. The monoisotopic (exact) mass is 253 g/mol. The molecular formula is C17H19NO. The molecule has 0 aliphatic carbocycles. The molecule has 1 aliphatic rings. The molecule has 0 spiro atoms. The molecule has 3 rings (SSSR count). The van der Waals surface area contributed by atoms with Crippen molar-refractivity contribution in [2.75, 3.05) is 11.9 Å². The van der Waals surface area contributed by atoms with Gasteiger partial charge in [0, 0.05) is 5.69 Å². The summed E-state index contributed by atoms with van der Waals surface area (Å²) in [6.07, 6.45) is 1.03. The largest absolute Gasteiger partial charge is 0.494 e. The maximum atomic E-state index is 5.57. The zero-order valence-electron chi connectivity index (χ0n) is 11.4. The van der Waals surface area contributed by atoms with Crippen LogP contribution in [0.25, 0.3) is 0 Å². The van der Waals surface area contributed by atoms with Gasteiger partial charge in [0.25, 0.3) is 0 Å². The molecule has 2 nitrogen and oxygen atoms in total. The molecule has 0 fully saturated rings. The van der Waals surface area contributed by atoms with Crippen molar-refractivity contribution >= 4 is 5.69 Å². The van der Waals surface area contributed by atoms with Crippen LogP contribution in [-0.4, -0.2) is 6.61 Å². The number of hydrogen-bond donors (Lipinski definition) is 1. The zero-order valence-corrected chi connectivity index (χ0v) is 11.4. The number of nitrogens with one attached hydrogen (secondary N) is 1. The molecule has 0 saturated heterocycles. The smallest absolute Gasteiger partial charge is 0.119 e. The fraction of sp³-hybridized carbons (Fsp3) is 0.294. The summed E-state index contributed by atoms with van der Waals surface area (Å²) in [5.74, 6) is 0.966. The van der Waals surface area contributed by atoms with E-state index in [1.807, 2.05) is 13.0 Å². The predicted molar refractivity (Wildman–Crippen MR) is 78.9 cm³/mol. The lowest BCUT2D eigenvalue weighted by atomic mass is 9.99. The van der Waals surface area contributed by atoms with Gasteiger partial charge >= 0.3 is 0 Å². The predicted octanol–water partition coefficient (Wildman–Crippen LogP) is 4.10. The molecular weight excluding hydrogens is 234 g/mol. The van der Waals surface area contributed by atoms with Crippen LogP contribution >= 0.6 is 0 Å². The highest BCUT2D eigenvalue weighted by molar-refractivity contribution is 5.60. The van der Waals surface area contributed by atoms with E-state index in [0.717, 1.165) is 12.2 Å². The first kappa shape index (κ1) is 12.1. The van der Waals surface area contributed by atoms with E-state index in [9.17, 15) is 0 Å². The number of hydrogen-bond acceptors (Lipinski definition) is 2. The molecule has 1 unspecified atom stereocenters. The van der Waals surface area contributed by atoms with Gasteiger partial charge in [-0.1, -0.05) is 24.3 Å². The fourth-order valence-electron chi connectivity index (χ4n) is 2.76. The highest BCUT2D eigenvalue weighted by Gasteiger charge is 2.23. The van der Waals surface area contributed by atoms with Gasteiger partial charge in [-0.15, -0.1) is 0 Å². The minimum atomic E-state index is 0.382. The van der Waals surface area contributed by atoms with E-state index in [1.165, 1.54) is 22.4 Å². The van der Waals surface area contributed by atoms with E-state index >= 15 is 0 Å². The van der Waals surface area contributed by atoms with Crippen LogP contribution in [0.4, 0.5) is 5.69 Å². The van der Waals surface area contributed by atoms with Gasteiger partial charge in [0.1, 0.15) is 5.75 Å². The first-order valence-electron chi connectivity index (χ1n) is 6.85. The molecule has 1 N–H and O–H groups in total. The summed E-state index contributed by atoms with van der Waals surface area (Å²) < 4.78 is 5.57. The number of fused-ring (bicyclic) bond motifs is 1. The Morgan fingerprint density at radius 2 is 2.05 bits per heavy atom. The van der Waals surface area contributed by atoms with Crippen LogP contribution in [0.5, 0.6) is 5.75 Å². The topological polar surface area (TPSA) is 21.3 Å². The van der Waals surface area contributed by atoms with Gasteiger partial charge in [0.2, 0.25) is 0 Å². The van der Waals surface area contributed by atoms with Crippen molar-refractivity contribution in [3.8, 4) is 5.75 Å². The zero-order chi connectivity index (χ0) is 13.2. The van der Waals surface area contributed by atoms with Gasteiger partial charge in [-0.2, -0.15) is 0 Å².